The maximum Gasteiger partial charge on any atom is 0.407 e. The lowest BCUT2D eigenvalue weighted by Gasteiger charge is -2.20. The number of guanidine groups is 1. The van der Waals surface area contributed by atoms with Crippen molar-refractivity contribution in [3.63, 3.8) is 0 Å². The van der Waals surface area contributed by atoms with Crippen molar-refractivity contribution in [2.24, 2.45) is 18.0 Å². The van der Waals surface area contributed by atoms with E-state index in [0.717, 1.165) is 25.1 Å². The van der Waals surface area contributed by atoms with Gasteiger partial charge in [0.1, 0.15) is 5.15 Å². The van der Waals surface area contributed by atoms with E-state index in [2.05, 4.69) is 20.9 Å². The van der Waals surface area contributed by atoms with Gasteiger partial charge < -0.3 is 25.3 Å². The van der Waals surface area contributed by atoms with E-state index in [-0.39, 0.29) is 36.1 Å². The molecule has 0 saturated heterocycles. The van der Waals surface area contributed by atoms with Gasteiger partial charge in [0, 0.05) is 25.8 Å². The number of carbonyl (C=O) groups is 1. The van der Waals surface area contributed by atoms with Crippen LogP contribution in [0.15, 0.2) is 11.1 Å². The predicted molar refractivity (Wildman–Crippen MR) is 120 cm³/mol. The summed E-state index contributed by atoms with van der Waals surface area (Å²) in [6.07, 6.45) is 1.86. The first-order chi connectivity index (χ1) is 12.5. The molecule has 1 aromatic heterocycles. The van der Waals surface area contributed by atoms with Gasteiger partial charge >= 0.3 is 6.09 Å². The lowest BCUT2D eigenvalue weighted by Crippen LogP contribution is -2.48. The molecule has 0 spiro atoms. The highest BCUT2D eigenvalue weighted by molar-refractivity contribution is 14.0. The minimum Gasteiger partial charge on any atom is -0.450 e. The minimum atomic E-state index is -0.374. The summed E-state index contributed by atoms with van der Waals surface area (Å²) in [5.41, 5.74) is 0.917. The highest BCUT2D eigenvalue weighted by Crippen LogP contribution is 2.32. The first kappa shape index (κ1) is 24.2. The zero-order valence-electron chi connectivity index (χ0n) is 15.8. The average molecular weight is 532 g/mol. The van der Waals surface area contributed by atoms with Gasteiger partial charge in [-0.2, -0.15) is 0 Å². The largest absolute Gasteiger partial charge is 0.450 e. The van der Waals surface area contributed by atoms with Crippen LogP contribution in [-0.4, -0.2) is 42.4 Å². The fourth-order valence-electron chi connectivity index (χ4n) is 2.61. The molecule has 1 fully saturated rings. The van der Waals surface area contributed by atoms with Crippen LogP contribution in [0.4, 0.5) is 4.79 Å². The molecular formula is C17H28Cl2IN5O2. The summed E-state index contributed by atoms with van der Waals surface area (Å²) in [6.45, 7) is 5.93. The third kappa shape index (κ3) is 7.57. The first-order valence-corrected chi connectivity index (χ1v) is 9.66. The monoisotopic (exact) mass is 531 g/mol. The normalized spacial score (nSPS) is 14.9. The Bertz CT molecular complexity index is 650. The van der Waals surface area contributed by atoms with Crippen LogP contribution in [0.5, 0.6) is 0 Å². The lowest BCUT2D eigenvalue weighted by atomic mass is 10.2. The number of aromatic nitrogens is 1. The molecule has 27 heavy (non-hydrogen) atoms. The smallest absolute Gasteiger partial charge is 0.407 e. The van der Waals surface area contributed by atoms with Crippen molar-refractivity contribution in [2.45, 2.75) is 39.3 Å². The summed E-state index contributed by atoms with van der Waals surface area (Å²) in [7, 11) is 1.85. The van der Waals surface area contributed by atoms with E-state index in [4.69, 9.17) is 27.9 Å². The molecule has 1 aromatic rings. The Balaban J connectivity index is 0.00000364. The van der Waals surface area contributed by atoms with Crippen LogP contribution in [0.2, 0.25) is 10.2 Å². The Morgan fingerprint density at radius 1 is 1.37 bits per heavy atom. The van der Waals surface area contributed by atoms with E-state index in [1.54, 1.807) is 6.92 Å². The number of ether oxygens (including phenoxy) is 1. The van der Waals surface area contributed by atoms with Crippen molar-refractivity contribution >= 4 is 59.2 Å². The Morgan fingerprint density at radius 3 is 2.59 bits per heavy atom. The number of nitrogens with one attached hydrogen (secondary N) is 3. The summed E-state index contributed by atoms with van der Waals surface area (Å²) < 4.78 is 6.80. The molecule has 0 aromatic carbocycles. The molecular weight excluding hydrogens is 504 g/mol. The number of hydrogen-bond acceptors (Lipinski definition) is 3. The summed E-state index contributed by atoms with van der Waals surface area (Å²) in [4.78, 5) is 16.3. The van der Waals surface area contributed by atoms with Crippen molar-refractivity contribution in [1.82, 2.24) is 20.5 Å². The summed E-state index contributed by atoms with van der Waals surface area (Å²) >= 11 is 12.1. The maximum atomic E-state index is 11.7. The number of amides is 1. The van der Waals surface area contributed by atoms with Crippen molar-refractivity contribution in [3.8, 4) is 0 Å². The Kier molecular flexibility index (Phi) is 10.6. The van der Waals surface area contributed by atoms with Crippen LogP contribution in [0.1, 0.15) is 32.4 Å². The zero-order valence-corrected chi connectivity index (χ0v) is 19.7. The SMILES string of the molecule is CCNC(=NCc1cc(Cl)c(Cl)n1C)NCC(NC(=O)OCC)C1CC1.I. The second kappa shape index (κ2) is 11.9. The van der Waals surface area contributed by atoms with Crippen molar-refractivity contribution in [2.75, 3.05) is 19.7 Å². The molecule has 1 saturated carbocycles. The van der Waals surface area contributed by atoms with E-state index in [9.17, 15) is 4.79 Å². The molecule has 1 amide bonds. The van der Waals surface area contributed by atoms with Crippen LogP contribution < -0.4 is 16.0 Å². The molecule has 0 aliphatic heterocycles. The molecule has 0 radical (unpaired) electrons. The number of hydrogen-bond donors (Lipinski definition) is 3. The zero-order chi connectivity index (χ0) is 19.1. The summed E-state index contributed by atoms with van der Waals surface area (Å²) in [5, 5.41) is 10.4. The number of alkyl carbamates (subject to hydrolysis) is 1. The second-order valence-electron chi connectivity index (χ2n) is 6.22. The molecule has 1 atom stereocenters. The molecule has 1 aliphatic rings. The van der Waals surface area contributed by atoms with E-state index in [0.29, 0.717) is 41.7 Å². The molecule has 1 heterocycles. The molecule has 10 heteroatoms. The second-order valence-corrected chi connectivity index (χ2v) is 6.98. The standard InChI is InChI=1S/C17H27Cl2N5O2.HI/c1-4-20-16(21-9-12-8-13(18)15(19)24(12)3)22-10-14(11-6-7-11)23-17(25)26-5-2;/h8,11,14H,4-7,9-10H2,1-3H3,(H,23,25)(H2,20,21,22);1H. The van der Waals surface area contributed by atoms with Gasteiger partial charge in [0.25, 0.3) is 0 Å². The number of aliphatic imine (C=N–C) groups is 1. The van der Waals surface area contributed by atoms with Crippen LogP contribution in [0.3, 0.4) is 0 Å². The number of halogens is 3. The number of carbonyl (C=O) groups excluding carboxylic acids is 1. The Labute approximate surface area is 187 Å². The van der Waals surface area contributed by atoms with Gasteiger partial charge in [-0.05, 0) is 38.7 Å². The molecule has 1 unspecified atom stereocenters. The minimum absolute atomic E-state index is 0. The van der Waals surface area contributed by atoms with Crippen LogP contribution in [0, 0.1) is 5.92 Å². The highest BCUT2D eigenvalue weighted by Gasteiger charge is 2.32. The van der Waals surface area contributed by atoms with Gasteiger partial charge in [0.05, 0.1) is 24.2 Å². The fraction of sp³-hybridized carbons (Fsp3) is 0.647. The van der Waals surface area contributed by atoms with E-state index in [1.807, 2.05) is 24.6 Å². The van der Waals surface area contributed by atoms with Gasteiger partial charge in [-0.15, -0.1) is 24.0 Å². The van der Waals surface area contributed by atoms with Crippen molar-refractivity contribution < 1.29 is 9.53 Å². The fourth-order valence-corrected chi connectivity index (χ4v) is 3.02. The van der Waals surface area contributed by atoms with Gasteiger partial charge in [-0.3, -0.25) is 0 Å². The van der Waals surface area contributed by atoms with Crippen LogP contribution in [-0.2, 0) is 18.3 Å². The maximum absolute atomic E-state index is 11.7. The molecule has 0 bridgehead atoms. The van der Waals surface area contributed by atoms with Crippen molar-refractivity contribution in [3.05, 3.63) is 21.9 Å². The van der Waals surface area contributed by atoms with E-state index < -0.39 is 0 Å². The summed E-state index contributed by atoms with van der Waals surface area (Å²) in [6, 6.07) is 1.84. The summed E-state index contributed by atoms with van der Waals surface area (Å²) in [5.74, 6) is 1.16. The quantitative estimate of drug-likeness (QED) is 0.272. The molecule has 154 valence electrons. The number of nitrogens with zero attached hydrogens (tertiary/aromatic N) is 2. The molecule has 3 N–H and O–H groups in total. The molecule has 2 rings (SSSR count). The molecule has 1 aliphatic carbocycles. The van der Waals surface area contributed by atoms with Gasteiger partial charge in [0.15, 0.2) is 5.96 Å². The average Bonchev–Trinajstić information content (AvgIpc) is 3.41. The first-order valence-electron chi connectivity index (χ1n) is 8.91. The third-order valence-corrected chi connectivity index (χ3v) is 5.06. The van der Waals surface area contributed by atoms with E-state index >= 15 is 0 Å². The lowest BCUT2D eigenvalue weighted by molar-refractivity contribution is 0.146. The predicted octanol–water partition coefficient (Wildman–Crippen LogP) is 3.53. The number of rotatable bonds is 8. The van der Waals surface area contributed by atoms with Crippen LogP contribution >= 0.6 is 47.2 Å². The highest BCUT2D eigenvalue weighted by atomic mass is 127. The third-order valence-electron chi connectivity index (χ3n) is 4.22. The van der Waals surface area contributed by atoms with Gasteiger partial charge in [-0.1, -0.05) is 23.2 Å². The topological polar surface area (TPSA) is 79.7 Å². The Morgan fingerprint density at radius 2 is 2.07 bits per heavy atom. The van der Waals surface area contributed by atoms with Crippen molar-refractivity contribution in [1.29, 1.82) is 0 Å². The van der Waals surface area contributed by atoms with Crippen LogP contribution in [0.25, 0.3) is 0 Å². The van der Waals surface area contributed by atoms with E-state index in [1.165, 1.54) is 0 Å². The molecule has 7 nitrogen and oxygen atoms in total. The van der Waals surface area contributed by atoms with Gasteiger partial charge in [0.2, 0.25) is 0 Å². The van der Waals surface area contributed by atoms with Gasteiger partial charge in [-0.25, -0.2) is 9.79 Å². The Hall–Kier alpha value is -0.870.